The highest BCUT2D eigenvalue weighted by Gasteiger charge is 2.01. The van der Waals surface area contributed by atoms with Gasteiger partial charge in [-0.05, 0) is 18.4 Å². The zero-order chi connectivity index (χ0) is 9.26. The number of thioether (sulfide) groups is 1. The van der Waals surface area contributed by atoms with Crippen molar-refractivity contribution in [2.24, 2.45) is 0 Å². The van der Waals surface area contributed by atoms with Crippen LogP contribution in [-0.4, -0.2) is 15.6 Å². The van der Waals surface area contributed by atoms with Crippen LogP contribution in [0, 0.1) is 0 Å². The van der Waals surface area contributed by atoms with Gasteiger partial charge in [-0.25, -0.2) is 4.98 Å². The first-order chi connectivity index (χ1) is 6.31. The van der Waals surface area contributed by atoms with Gasteiger partial charge in [0.25, 0.3) is 0 Å². The Morgan fingerprint density at radius 2 is 2.38 bits per heavy atom. The molecule has 2 rings (SSSR count). The normalized spacial score (nSPS) is 10.9. The Morgan fingerprint density at radius 1 is 1.54 bits per heavy atom. The number of nitrogens with zero attached hydrogens (tertiary/aromatic N) is 2. The summed E-state index contributed by atoms with van der Waals surface area (Å²) in [4.78, 5) is 4.27. The molecule has 4 heteroatoms. The van der Waals surface area contributed by atoms with Crippen molar-refractivity contribution in [2.75, 3.05) is 6.26 Å². The van der Waals surface area contributed by atoms with Crippen LogP contribution in [-0.2, 0) is 5.75 Å². The Bertz CT molecular complexity index is 424. The first kappa shape index (κ1) is 8.91. The molecule has 0 saturated heterocycles. The highest BCUT2D eigenvalue weighted by Crippen LogP contribution is 2.15. The maximum absolute atomic E-state index is 5.89. The van der Waals surface area contributed by atoms with Crippen molar-refractivity contribution >= 4 is 29.0 Å². The summed E-state index contributed by atoms with van der Waals surface area (Å²) in [6.45, 7) is 0. The van der Waals surface area contributed by atoms with Gasteiger partial charge in [0.05, 0.1) is 16.9 Å². The van der Waals surface area contributed by atoms with Gasteiger partial charge in [0.15, 0.2) is 0 Å². The average Bonchev–Trinajstić information content (AvgIpc) is 2.49. The predicted molar refractivity (Wildman–Crippen MR) is 57.4 cm³/mol. The lowest BCUT2D eigenvalue weighted by molar-refractivity contribution is 1.09. The van der Waals surface area contributed by atoms with Crippen molar-refractivity contribution in [3.05, 3.63) is 35.2 Å². The summed E-state index contributed by atoms with van der Waals surface area (Å²) in [7, 11) is 0. The number of halogens is 1. The Morgan fingerprint density at radius 3 is 3.15 bits per heavy atom. The van der Waals surface area contributed by atoms with E-state index in [1.807, 2.05) is 28.9 Å². The molecule has 13 heavy (non-hydrogen) atoms. The minimum atomic E-state index is 0.743. The minimum Gasteiger partial charge on any atom is -0.302 e. The lowest BCUT2D eigenvalue weighted by Crippen LogP contribution is -1.89. The summed E-state index contributed by atoms with van der Waals surface area (Å²) in [6, 6.07) is 3.78. The van der Waals surface area contributed by atoms with Crippen LogP contribution < -0.4 is 0 Å². The molecule has 0 saturated carbocycles. The number of hydrogen-bond donors (Lipinski definition) is 0. The molecular weight excluding hydrogens is 204 g/mol. The fourth-order valence-corrected chi connectivity index (χ4v) is 1.93. The first-order valence-electron chi connectivity index (χ1n) is 3.91. The maximum atomic E-state index is 5.89. The van der Waals surface area contributed by atoms with Gasteiger partial charge in [-0.15, -0.1) is 0 Å². The highest BCUT2D eigenvalue weighted by molar-refractivity contribution is 7.97. The van der Waals surface area contributed by atoms with E-state index in [1.165, 1.54) is 5.69 Å². The lowest BCUT2D eigenvalue weighted by atomic mass is 10.4. The van der Waals surface area contributed by atoms with E-state index in [1.54, 1.807) is 11.8 Å². The van der Waals surface area contributed by atoms with Crippen molar-refractivity contribution in [3.63, 3.8) is 0 Å². The Hall–Kier alpha value is -0.670. The number of rotatable bonds is 2. The van der Waals surface area contributed by atoms with Gasteiger partial charge < -0.3 is 4.40 Å². The third-order valence-corrected chi connectivity index (χ3v) is 2.65. The van der Waals surface area contributed by atoms with Crippen molar-refractivity contribution in [1.29, 1.82) is 0 Å². The molecule has 0 bridgehead atoms. The summed E-state index contributed by atoms with van der Waals surface area (Å²) < 4.78 is 2.03. The lowest BCUT2D eigenvalue weighted by Gasteiger charge is -1.99. The molecular formula is C9H9ClN2S. The Balaban J connectivity index is 2.58. The number of fused-ring (bicyclic) bond motifs is 1. The van der Waals surface area contributed by atoms with Crippen LogP contribution in [0.5, 0.6) is 0 Å². The van der Waals surface area contributed by atoms with E-state index in [4.69, 9.17) is 11.6 Å². The van der Waals surface area contributed by atoms with E-state index in [9.17, 15) is 0 Å². The van der Waals surface area contributed by atoms with Gasteiger partial charge in [0, 0.05) is 11.9 Å². The smallest absolute Gasteiger partial charge is 0.136 e. The van der Waals surface area contributed by atoms with Gasteiger partial charge in [-0.1, -0.05) is 11.6 Å². The molecule has 0 unspecified atom stereocenters. The standard InChI is InChI=1S/C9H9ClN2S/c1-13-6-8-4-11-9-3-2-7(10)5-12(8)9/h2-5H,6H2,1H3. The summed E-state index contributed by atoms with van der Waals surface area (Å²) in [5.41, 5.74) is 2.14. The van der Waals surface area contributed by atoms with Crippen molar-refractivity contribution in [1.82, 2.24) is 9.38 Å². The van der Waals surface area contributed by atoms with Gasteiger partial charge in [0.1, 0.15) is 5.65 Å². The third kappa shape index (κ3) is 1.67. The van der Waals surface area contributed by atoms with Gasteiger partial charge in [0.2, 0.25) is 0 Å². The van der Waals surface area contributed by atoms with Crippen LogP contribution in [0.4, 0.5) is 0 Å². The topological polar surface area (TPSA) is 17.3 Å². The Kier molecular flexibility index (Phi) is 2.47. The van der Waals surface area contributed by atoms with E-state index in [2.05, 4.69) is 11.2 Å². The second kappa shape index (κ2) is 3.60. The second-order valence-corrected chi connectivity index (χ2v) is 4.06. The largest absolute Gasteiger partial charge is 0.302 e. The molecule has 2 nitrogen and oxygen atoms in total. The summed E-state index contributed by atoms with van der Waals surface area (Å²) >= 11 is 7.67. The second-order valence-electron chi connectivity index (χ2n) is 2.76. The number of hydrogen-bond acceptors (Lipinski definition) is 2. The highest BCUT2D eigenvalue weighted by atomic mass is 35.5. The van der Waals surface area contributed by atoms with Gasteiger partial charge in [-0.3, -0.25) is 0 Å². The molecule has 0 N–H and O–H groups in total. The summed E-state index contributed by atoms with van der Waals surface area (Å²) in [5.74, 6) is 0.960. The fraction of sp³-hybridized carbons (Fsp3) is 0.222. The summed E-state index contributed by atoms with van der Waals surface area (Å²) in [6.07, 6.45) is 5.86. The molecule has 0 radical (unpaired) electrons. The van der Waals surface area contributed by atoms with Crippen LogP contribution in [0.15, 0.2) is 24.5 Å². The van der Waals surface area contributed by atoms with E-state index < -0.39 is 0 Å². The molecule has 0 amide bonds. The van der Waals surface area contributed by atoms with Crippen molar-refractivity contribution < 1.29 is 0 Å². The summed E-state index contributed by atoms with van der Waals surface area (Å²) in [5, 5.41) is 0.743. The zero-order valence-corrected chi connectivity index (χ0v) is 8.77. The van der Waals surface area contributed by atoms with Gasteiger partial charge >= 0.3 is 0 Å². The zero-order valence-electron chi connectivity index (χ0n) is 7.20. The number of pyridine rings is 1. The van der Waals surface area contributed by atoms with Crippen LogP contribution >= 0.6 is 23.4 Å². The van der Waals surface area contributed by atoms with Crippen LogP contribution in [0.2, 0.25) is 5.02 Å². The van der Waals surface area contributed by atoms with Crippen molar-refractivity contribution in [3.8, 4) is 0 Å². The van der Waals surface area contributed by atoms with Crippen LogP contribution in [0.25, 0.3) is 5.65 Å². The first-order valence-corrected chi connectivity index (χ1v) is 5.69. The van der Waals surface area contributed by atoms with E-state index >= 15 is 0 Å². The average molecular weight is 213 g/mol. The molecule has 0 aliphatic rings. The fourth-order valence-electron chi connectivity index (χ4n) is 1.26. The molecule has 2 heterocycles. The molecule has 0 fully saturated rings. The molecule has 0 aliphatic heterocycles. The van der Waals surface area contributed by atoms with E-state index in [0.29, 0.717) is 0 Å². The maximum Gasteiger partial charge on any atom is 0.136 e. The van der Waals surface area contributed by atoms with E-state index in [-0.39, 0.29) is 0 Å². The molecule has 0 atom stereocenters. The predicted octanol–water partition coefficient (Wildman–Crippen LogP) is 2.85. The molecule has 2 aromatic heterocycles. The monoisotopic (exact) mass is 212 g/mol. The van der Waals surface area contributed by atoms with Crippen LogP contribution in [0.3, 0.4) is 0 Å². The molecule has 2 aromatic rings. The Labute approximate surface area is 85.9 Å². The third-order valence-electron chi connectivity index (χ3n) is 1.84. The minimum absolute atomic E-state index is 0.743. The van der Waals surface area contributed by atoms with Gasteiger partial charge in [-0.2, -0.15) is 11.8 Å². The molecule has 0 spiro atoms. The quantitative estimate of drug-likeness (QED) is 0.762. The molecule has 0 aromatic carbocycles. The number of aromatic nitrogens is 2. The SMILES string of the molecule is CSCc1cnc2ccc(Cl)cn12. The van der Waals surface area contributed by atoms with Crippen LogP contribution in [0.1, 0.15) is 5.69 Å². The van der Waals surface area contributed by atoms with Crippen molar-refractivity contribution in [2.45, 2.75) is 5.75 Å². The number of imidazole rings is 1. The molecule has 0 aliphatic carbocycles. The van der Waals surface area contributed by atoms with E-state index in [0.717, 1.165) is 16.4 Å². The molecule has 68 valence electrons.